The number of carbonyl (C=O) groups excluding carboxylic acids is 2. The van der Waals surface area contributed by atoms with E-state index in [9.17, 15) is 14.0 Å². The largest absolute Gasteiger partial charge is 0.443 e. The third-order valence-corrected chi connectivity index (χ3v) is 4.25. The summed E-state index contributed by atoms with van der Waals surface area (Å²) in [5.74, 6) is -0.887. The molecular formula is C17H17ClFN3O3. The molecule has 1 aliphatic rings. The number of hydrogen-bond donors (Lipinski definition) is 1. The van der Waals surface area contributed by atoms with Gasteiger partial charge in [-0.05, 0) is 38.0 Å². The molecule has 0 bridgehead atoms. The van der Waals surface area contributed by atoms with Crippen LogP contribution in [0.25, 0.3) is 0 Å². The lowest BCUT2D eigenvalue weighted by atomic mass is 10.2. The number of oxazole rings is 1. The summed E-state index contributed by atoms with van der Waals surface area (Å²) >= 11 is 5.78. The van der Waals surface area contributed by atoms with Crippen molar-refractivity contribution in [1.29, 1.82) is 0 Å². The Balaban J connectivity index is 1.67. The topological polar surface area (TPSA) is 75.4 Å². The van der Waals surface area contributed by atoms with Crippen molar-refractivity contribution in [1.82, 2.24) is 15.2 Å². The summed E-state index contributed by atoms with van der Waals surface area (Å²) in [6, 6.07) is 3.73. The molecular weight excluding hydrogens is 349 g/mol. The molecule has 132 valence electrons. The van der Waals surface area contributed by atoms with E-state index in [4.69, 9.17) is 16.0 Å². The summed E-state index contributed by atoms with van der Waals surface area (Å²) in [6.45, 7) is 3.02. The molecule has 3 rings (SSSR count). The van der Waals surface area contributed by atoms with Gasteiger partial charge in [-0.15, -0.1) is 0 Å². The second kappa shape index (κ2) is 7.23. The molecule has 1 fully saturated rings. The quantitative estimate of drug-likeness (QED) is 0.903. The smallest absolute Gasteiger partial charge is 0.276 e. The van der Waals surface area contributed by atoms with Crippen LogP contribution >= 0.6 is 11.6 Å². The molecule has 1 aliphatic heterocycles. The number of nitrogens with one attached hydrogen (secondary N) is 1. The Morgan fingerprint density at radius 1 is 1.36 bits per heavy atom. The first-order chi connectivity index (χ1) is 12.0. The van der Waals surface area contributed by atoms with Gasteiger partial charge in [-0.2, -0.15) is 0 Å². The summed E-state index contributed by atoms with van der Waals surface area (Å²) < 4.78 is 19.1. The van der Waals surface area contributed by atoms with Gasteiger partial charge in [0.05, 0.1) is 12.1 Å². The highest BCUT2D eigenvalue weighted by Gasteiger charge is 2.25. The molecule has 2 aromatic rings. The lowest BCUT2D eigenvalue weighted by Crippen LogP contribution is -2.28. The second-order valence-corrected chi connectivity index (χ2v) is 6.25. The molecule has 1 saturated heterocycles. The molecule has 1 N–H and O–H groups in total. The maximum Gasteiger partial charge on any atom is 0.276 e. The van der Waals surface area contributed by atoms with Gasteiger partial charge in [-0.3, -0.25) is 9.59 Å². The Bertz CT molecular complexity index is 815. The highest BCUT2D eigenvalue weighted by molar-refractivity contribution is 6.31. The van der Waals surface area contributed by atoms with Crippen molar-refractivity contribution < 1.29 is 18.4 Å². The molecule has 0 saturated carbocycles. The number of aromatic nitrogens is 1. The summed E-state index contributed by atoms with van der Waals surface area (Å²) in [5, 5.41) is 2.77. The molecule has 2 heterocycles. The minimum atomic E-state index is -0.671. The van der Waals surface area contributed by atoms with E-state index in [1.807, 2.05) is 0 Å². The first-order valence-corrected chi connectivity index (χ1v) is 8.32. The molecule has 0 radical (unpaired) electrons. The van der Waals surface area contributed by atoms with Gasteiger partial charge in [0.25, 0.3) is 11.8 Å². The van der Waals surface area contributed by atoms with E-state index in [-0.39, 0.29) is 34.6 Å². The lowest BCUT2D eigenvalue weighted by Gasteiger charge is -2.13. The highest BCUT2D eigenvalue weighted by Crippen LogP contribution is 2.17. The van der Waals surface area contributed by atoms with Crippen LogP contribution in [-0.4, -0.2) is 34.8 Å². The minimum Gasteiger partial charge on any atom is -0.443 e. The third kappa shape index (κ3) is 3.82. The molecule has 0 aliphatic carbocycles. The van der Waals surface area contributed by atoms with Gasteiger partial charge in [0.1, 0.15) is 11.6 Å². The molecule has 8 heteroatoms. The van der Waals surface area contributed by atoms with Crippen LogP contribution in [0.1, 0.15) is 45.3 Å². The van der Waals surface area contributed by atoms with Crippen LogP contribution in [-0.2, 0) is 6.54 Å². The molecule has 6 nitrogen and oxygen atoms in total. The number of amides is 2. The average Bonchev–Trinajstić information content (AvgIpc) is 3.24. The van der Waals surface area contributed by atoms with Crippen molar-refractivity contribution in [2.75, 3.05) is 13.1 Å². The number of carbonyl (C=O) groups is 2. The number of likely N-dealkylation sites (tertiary alicyclic amines) is 1. The Morgan fingerprint density at radius 3 is 2.80 bits per heavy atom. The summed E-state index contributed by atoms with van der Waals surface area (Å²) in [6.07, 6.45) is 1.97. The number of benzene rings is 1. The van der Waals surface area contributed by atoms with Crippen molar-refractivity contribution in [3.8, 4) is 0 Å². The maximum atomic E-state index is 13.7. The number of aryl methyl sites for hydroxylation is 1. The van der Waals surface area contributed by atoms with Crippen molar-refractivity contribution in [2.24, 2.45) is 0 Å². The van der Waals surface area contributed by atoms with Crippen LogP contribution in [0.15, 0.2) is 22.6 Å². The Morgan fingerprint density at radius 2 is 2.08 bits per heavy atom. The van der Waals surface area contributed by atoms with Crippen molar-refractivity contribution in [3.63, 3.8) is 0 Å². The molecule has 0 unspecified atom stereocenters. The Kier molecular flexibility index (Phi) is 5.03. The van der Waals surface area contributed by atoms with Gasteiger partial charge in [-0.25, -0.2) is 9.37 Å². The van der Waals surface area contributed by atoms with Gasteiger partial charge >= 0.3 is 0 Å². The molecule has 25 heavy (non-hydrogen) atoms. The standard InChI is InChI=1S/C17H17ClFN3O3/c1-10-15(17(24)22-6-2-3-7-22)21-14(25-10)9-20-16(23)12-8-11(18)4-5-13(12)19/h4-5,8H,2-3,6-7,9H2,1H3,(H,20,23). The summed E-state index contributed by atoms with van der Waals surface area (Å²) in [7, 11) is 0. The molecule has 1 aromatic heterocycles. The van der Waals surface area contributed by atoms with Crippen molar-refractivity contribution in [2.45, 2.75) is 26.3 Å². The summed E-state index contributed by atoms with van der Waals surface area (Å²) in [5.41, 5.74) is 0.0872. The predicted octanol–water partition coefficient (Wildman–Crippen LogP) is 2.94. The van der Waals surface area contributed by atoms with E-state index < -0.39 is 11.7 Å². The van der Waals surface area contributed by atoms with Gasteiger partial charge in [-0.1, -0.05) is 11.6 Å². The van der Waals surface area contributed by atoms with Gasteiger partial charge in [0.2, 0.25) is 5.89 Å². The van der Waals surface area contributed by atoms with Gasteiger partial charge in [0, 0.05) is 18.1 Å². The zero-order valence-electron chi connectivity index (χ0n) is 13.6. The van der Waals surface area contributed by atoms with E-state index in [0.717, 1.165) is 18.9 Å². The van der Waals surface area contributed by atoms with Crippen LogP contribution in [0.2, 0.25) is 5.02 Å². The minimum absolute atomic E-state index is 0.0566. The Hall–Kier alpha value is -2.41. The average molecular weight is 366 g/mol. The fourth-order valence-electron chi connectivity index (χ4n) is 2.72. The number of halogens is 2. The zero-order valence-corrected chi connectivity index (χ0v) is 14.4. The fraction of sp³-hybridized carbons (Fsp3) is 0.353. The number of nitrogens with zero attached hydrogens (tertiary/aromatic N) is 2. The van der Waals surface area contributed by atoms with Gasteiger partial charge < -0.3 is 14.6 Å². The van der Waals surface area contributed by atoms with Crippen LogP contribution < -0.4 is 5.32 Å². The van der Waals surface area contributed by atoms with Crippen LogP contribution in [0.3, 0.4) is 0 Å². The lowest BCUT2D eigenvalue weighted by molar-refractivity contribution is 0.0785. The molecule has 0 atom stereocenters. The first kappa shape index (κ1) is 17.4. The predicted molar refractivity (Wildman–Crippen MR) is 89.0 cm³/mol. The first-order valence-electron chi connectivity index (χ1n) is 7.94. The van der Waals surface area contributed by atoms with Crippen LogP contribution in [0.4, 0.5) is 4.39 Å². The normalized spacial score (nSPS) is 14.0. The van der Waals surface area contributed by atoms with E-state index in [1.165, 1.54) is 12.1 Å². The van der Waals surface area contributed by atoms with Crippen molar-refractivity contribution >= 4 is 23.4 Å². The van der Waals surface area contributed by atoms with E-state index in [2.05, 4.69) is 10.3 Å². The SMILES string of the molecule is Cc1oc(CNC(=O)c2cc(Cl)ccc2F)nc1C(=O)N1CCCC1. The molecule has 0 spiro atoms. The van der Waals surface area contributed by atoms with Crippen molar-refractivity contribution in [3.05, 3.63) is 51.9 Å². The zero-order chi connectivity index (χ0) is 18.0. The molecule has 1 aromatic carbocycles. The Labute approximate surface area is 149 Å². The third-order valence-electron chi connectivity index (χ3n) is 4.01. The molecule has 2 amide bonds. The second-order valence-electron chi connectivity index (χ2n) is 5.82. The highest BCUT2D eigenvalue weighted by atomic mass is 35.5. The van der Waals surface area contributed by atoms with Gasteiger partial charge in [0.15, 0.2) is 5.69 Å². The van der Waals surface area contributed by atoms with E-state index >= 15 is 0 Å². The van der Waals surface area contributed by atoms with Crippen LogP contribution in [0, 0.1) is 12.7 Å². The number of hydrogen-bond acceptors (Lipinski definition) is 4. The number of rotatable bonds is 4. The summed E-state index contributed by atoms with van der Waals surface area (Å²) in [4.78, 5) is 30.3. The maximum absolute atomic E-state index is 13.7. The fourth-order valence-corrected chi connectivity index (χ4v) is 2.89. The van der Waals surface area contributed by atoms with Crippen LogP contribution in [0.5, 0.6) is 0 Å². The monoisotopic (exact) mass is 365 g/mol. The van der Waals surface area contributed by atoms with E-state index in [1.54, 1.807) is 11.8 Å². The van der Waals surface area contributed by atoms with E-state index in [0.29, 0.717) is 18.8 Å².